The lowest BCUT2D eigenvalue weighted by Crippen LogP contribution is -2.41. The van der Waals surface area contributed by atoms with Crippen molar-refractivity contribution in [2.75, 3.05) is 0 Å². The Morgan fingerprint density at radius 1 is 1.06 bits per heavy atom. The SMILES string of the molecule is CCCCCn1c2c(c(=O)n(CCCc3nnc(Cc4ccc(F)cc4Cl)o3)c1=O)CC(Cl)=N2. The Morgan fingerprint density at radius 3 is 2.59 bits per heavy atom. The maximum Gasteiger partial charge on any atom is 0.332 e. The largest absolute Gasteiger partial charge is 0.425 e. The molecule has 0 bridgehead atoms. The summed E-state index contributed by atoms with van der Waals surface area (Å²) in [5.41, 5.74) is 0.389. The average Bonchev–Trinajstić information content (AvgIpc) is 3.41. The molecule has 0 fully saturated rings. The Kier molecular flexibility index (Phi) is 7.63. The highest BCUT2D eigenvalue weighted by Crippen LogP contribution is 2.24. The van der Waals surface area contributed by atoms with Gasteiger partial charge in [-0.1, -0.05) is 49.0 Å². The van der Waals surface area contributed by atoms with Crippen LogP contribution < -0.4 is 11.2 Å². The molecule has 1 aliphatic rings. The van der Waals surface area contributed by atoms with Gasteiger partial charge in [0.2, 0.25) is 11.8 Å². The average molecular weight is 508 g/mol. The number of unbranched alkanes of at least 4 members (excludes halogenated alkanes) is 2. The third kappa shape index (κ3) is 5.31. The number of nitrogens with zero attached hydrogens (tertiary/aromatic N) is 5. The van der Waals surface area contributed by atoms with Gasteiger partial charge in [0.15, 0.2) is 0 Å². The zero-order valence-corrected chi connectivity index (χ0v) is 20.2. The number of aryl methyl sites for hydroxylation is 1. The van der Waals surface area contributed by atoms with Gasteiger partial charge in [-0.3, -0.25) is 13.9 Å². The summed E-state index contributed by atoms with van der Waals surface area (Å²) in [6.07, 6.45) is 4.16. The lowest BCUT2D eigenvalue weighted by molar-refractivity contribution is 0.439. The second-order valence-electron chi connectivity index (χ2n) is 8.17. The Balaban J connectivity index is 1.45. The highest BCUT2D eigenvalue weighted by molar-refractivity contribution is 6.66. The molecular weight excluding hydrogens is 484 g/mol. The van der Waals surface area contributed by atoms with Gasteiger partial charge in [-0.05, 0) is 30.5 Å². The maximum absolute atomic E-state index is 13.2. The Bertz CT molecular complexity index is 1350. The van der Waals surface area contributed by atoms with Gasteiger partial charge in [0.05, 0.1) is 12.0 Å². The molecule has 4 rings (SSSR count). The van der Waals surface area contributed by atoms with E-state index in [1.54, 1.807) is 10.6 Å². The molecule has 34 heavy (non-hydrogen) atoms. The summed E-state index contributed by atoms with van der Waals surface area (Å²) in [7, 11) is 0. The molecule has 0 atom stereocenters. The number of fused-ring (bicyclic) bond motifs is 1. The zero-order valence-electron chi connectivity index (χ0n) is 18.7. The Morgan fingerprint density at radius 2 is 1.82 bits per heavy atom. The summed E-state index contributed by atoms with van der Waals surface area (Å²) in [5.74, 6) is 0.703. The van der Waals surface area contributed by atoms with Gasteiger partial charge in [-0.25, -0.2) is 14.2 Å². The third-order valence-corrected chi connectivity index (χ3v) is 6.23. The number of benzene rings is 1. The monoisotopic (exact) mass is 507 g/mol. The number of halogens is 3. The van der Waals surface area contributed by atoms with E-state index in [4.69, 9.17) is 27.6 Å². The molecule has 180 valence electrons. The smallest absolute Gasteiger partial charge is 0.332 e. The van der Waals surface area contributed by atoms with Crippen molar-refractivity contribution in [3.63, 3.8) is 0 Å². The lowest BCUT2D eigenvalue weighted by atomic mass is 10.1. The number of rotatable bonds is 10. The van der Waals surface area contributed by atoms with Crippen LogP contribution in [-0.4, -0.2) is 24.5 Å². The summed E-state index contributed by atoms with van der Waals surface area (Å²) in [6, 6.07) is 4.12. The first kappa shape index (κ1) is 24.3. The number of aromatic nitrogens is 4. The minimum atomic E-state index is -0.417. The summed E-state index contributed by atoms with van der Waals surface area (Å²) in [6.45, 7) is 2.78. The van der Waals surface area contributed by atoms with E-state index in [1.807, 2.05) is 0 Å². The fourth-order valence-electron chi connectivity index (χ4n) is 3.92. The molecule has 0 unspecified atom stereocenters. The van der Waals surface area contributed by atoms with Crippen LogP contribution in [0.15, 0.2) is 37.2 Å². The second kappa shape index (κ2) is 10.7. The van der Waals surface area contributed by atoms with Crippen LogP contribution in [0.4, 0.5) is 10.2 Å². The van der Waals surface area contributed by atoms with Gasteiger partial charge in [0, 0.05) is 31.0 Å². The van der Waals surface area contributed by atoms with Crippen LogP contribution in [0.3, 0.4) is 0 Å². The van der Waals surface area contributed by atoms with Crippen molar-refractivity contribution < 1.29 is 8.81 Å². The first-order valence-corrected chi connectivity index (χ1v) is 12.0. The van der Waals surface area contributed by atoms with Crippen LogP contribution in [-0.2, 0) is 32.4 Å². The summed E-state index contributed by atoms with van der Waals surface area (Å²) in [4.78, 5) is 30.3. The van der Waals surface area contributed by atoms with Gasteiger partial charge >= 0.3 is 5.69 Å². The molecule has 3 aromatic rings. The third-order valence-electron chi connectivity index (χ3n) is 5.66. The predicted molar refractivity (Wildman–Crippen MR) is 128 cm³/mol. The molecule has 0 spiro atoms. The minimum Gasteiger partial charge on any atom is -0.425 e. The van der Waals surface area contributed by atoms with Gasteiger partial charge in [0.25, 0.3) is 5.56 Å². The second-order valence-corrected chi connectivity index (χ2v) is 9.01. The van der Waals surface area contributed by atoms with Crippen LogP contribution in [0, 0.1) is 5.82 Å². The van der Waals surface area contributed by atoms with Gasteiger partial charge in [-0.2, -0.15) is 0 Å². The number of hydrogen-bond donors (Lipinski definition) is 0. The molecule has 1 aromatic carbocycles. The molecule has 0 saturated carbocycles. The fourth-order valence-corrected chi connectivity index (χ4v) is 4.37. The molecule has 3 heterocycles. The molecule has 0 aliphatic carbocycles. The van der Waals surface area contributed by atoms with Gasteiger partial charge in [0.1, 0.15) is 16.8 Å². The van der Waals surface area contributed by atoms with Crippen molar-refractivity contribution in [2.24, 2.45) is 4.99 Å². The molecule has 8 nitrogen and oxygen atoms in total. The predicted octanol–water partition coefficient (Wildman–Crippen LogP) is 4.42. The lowest BCUT2D eigenvalue weighted by Gasteiger charge is -2.13. The quantitative estimate of drug-likeness (QED) is 0.378. The fraction of sp³-hybridized carbons (Fsp3) is 0.435. The van der Waals surface area contributed by atoms with E-state index in [2.05, 4.69) is 22.1 Å². The van der Waals surface area contributed by atoms with Crippen LogP contribution in [0.25, 0.3) is 0 Å². The Hall–Kier alpha value is -2.78. The van der Waals surface area contributed by atoms with E-state index >= 15 is 0 Å². The van der Waals surface area contributed by atoms with Crippen LogP contribution in [0.1, 0.15) is 55.5 Å². The first-order chi connectivity index (χ1) is 16.4. The van der Waals surface area contributed by atoms with Crippen molar-refractivity contribution in [1.82, 2.24) is 19.3 Å². The van der Waals surface area contributed by atoms with E-state index in [0.29, 0.717) is 53.3 Å². The van der Waals surface area contributed by atoms with Gasteiger partial charge in [-0.15, -0.1) is 10.2 Å². The highest BCUT2D eigenvalue weighted by Gasteiger charge is 2.24. The summed E-state index contributed by atoms with van der Waals surface area (Å²) in [5, 5.41) is 8.64. The van der Waals surface area contributed by atoms with E-state index in [0.717, 1.165) is 19.3 Å². The topological polar surface area (TPSA) is 95.3 Å². The molecule has 0 amide bonds. The normalized spacial score (nSPS) is 12.8. The van der Waals surface area contributed by atoms with Crippen LogP contribution in [0.2, 0.25) is 5.02 Å². The van der Waals surface area contributed by atoms with E-state index < -0.39 is 5.82 Å². The zero-order chi connectivity index (χ0) is 24.2. The van der Waals surface area contributed by atoms with Crippen molar-refractivity contribution in [2.45, 2.75) is 65.0 Å². The first-order valence-electron chi connectivity index (χ1n) is 11.2. The van der Waals surface area contributed by atoms with Crippen molar-refractivity contribution in [3.8, 4) is 0 Å². The van der Waals surface area contributed by atoms with E-state index in [1.165, 1.54) is 16.7 Å². The van der Waals surface area contributed by atoms with Crippen molar-refractivity contribution >= 4 is 34.2 Å². The van der Waals surface area contributed by atoms with E-state index in [-0.39, 0.29) is 35.7 Å². The van der Waals surface area contributed by atoms with Crippen molar-refractivity contribution in [1.29, 1.82) is 0 Å². The van der Waals surface area contributed by atoms with Gasteiger partial charge < -0.3 is 4.42 Å². The molecule has 0 N–H and O–H groups in total. The summed E-state index contributed by atoms with van der Waals surface area (Å²) >= 11 is 12.1. The Labute approximate surface area is 205 Å². The highest BCUT2D eigenvalue weighted by atomic mass is 35.5. The van der Waals surface area contributed by atoms with E-state index in [9.17, 15) is 14.0 Å². The molecule has 0 radical (unpaired) electrons. The molecule has 0 saturated heterocycles. The molecule has 2 aromatic heterocycles. The maximum atomic E-state index is 13.2. The summed E-state index contributed by atoms with van der Waals surface area (Å²) < 4.78 is 21.7. The molecular formula is C23H24Cl2FN5O3. The van der Waals surface area contributed by atoms with Crippen LogP contribution >= 0.6 is 23.2 Å². The minimum absolute atomic E-state index is 0.206. The van der Waals surface area contributed by atoms with Crippen LogP contribution in [0.5, 0.6) is 0 Å². The molecule has 11 heteroatoms. The number of aliphatic imine (C=N–C) groups is 1. The molecule has 1 aliphatic heterocycles. The van der Waals surface area contributed by atoms with Crippen molar-refractivity contribution in [3.05, 3.63) is 72.8 Å². The standard InChI is InChI=1S/C23H24Cl2FN5O3/c1-2-3-4-9-30-21-16(13-18(25)27-21)22(32)31(23(30)33)10-5-6-19-28-29-20(34-19)11-14-7-8-15(26)12-17(14)24/h7-8,12H,2-6,9-11,13H2,1H3. The number of hydrogen-bond acceptors (Lipinski definition) is 6.